The highest BCUT2D eigenvalue weighted by Gasteiger charge is 1.94. The van der Waals surface area contributed by atoms with Gasteiger partial charge in [0, 0.05) is 5.69 Å². The van der Waals surface area contributed by atoms with Crippen molar-refractivity contribution >= 4 is 23.6 Å². The Bertz CT molecular complexity index is 698. The van der Waals surface area contributed by atoms with Crippen molar-refractivity contribution in [1.82, 2.24) is 0 Å². The van der Waals surface area contributed by atoms with Crippen LogP contribution in [0.25, 0.3) is 12.2 Å². The topological polar surface area (TPSA) is 43.1 Å². The number of rotatable bonds is 6. The van der Waals surface area contributed by atoms with Crippen molar-refractivity contribution in [3.8, 4) is 0 Å². The third-order valence-electron chi connectivity index (χ3n) is 3.28. The molecular weight excluding hydrogens is 270 g/mol. The van der Waals surface area contributed by atoms with E-state index in [2.05, 4.69) is 19.1 Å². The Morgan fingerprint density at radius 2 is 1.64 bits per heavy atom. The van der Waals surface area contributed by atoms with Crippen LogP contribution >= 0.6 is 0 Å². The SMILES string of the molecule is CCCc1cccc(/C=C/C(=O)/C=C/c2cccc(N)c2)c1. The van der Waals surface area contributed by atoms with Crippen LogP contribution in [0.5, 0.6) is 0 Å². The maximum atomic E-state index is 11.9. The zero-order valence-electron chi connectivity index (χ0n) is 12.8. The monoisotopic (exact) mass is 291 g/mol. The first-order valence-electron chi connectivity index (χ1n) is 7.52. The Hall–Kier alpha value is -2.61. The summed E-state index contributed by atoms with van der Waals surface area (Å²) in [5, 5.41) is 0. The maximum Gasteiger partial charge on any atom is 0.178 e. The lowest BCUT2D eigenvalue weighted by atomic mass is 10.1. The number of nitrogen functional groups attached to an aromatic ring is 1. The van der Waals surface area contributed by atoms with Gasteiger partial charge in [-0.25, -0.2) is 0 Å². The van der Waals surface area contributed by atoms with E-state index in [1.165, 1.54) is 5.56 Å². The fourth-order valence-electron chi connectivity index (χ4n) is 2.22. The van der Waals surface area contributed by atoms with Gasteiger partial charge < -0.3 is 5.73 Å². The van der Waals surface area contributed by atoms with Gasteiger partial charge in [0.1, 0.15) is 0 Å². The van der Waals surface area contributed by atoms with E-state index >= 15 is 0 Å². The van der Waals surface area contributed by atoms with E-state index in [4.69, 9.17) is 5.73 Å². The molecule has 2 nitrogen and oxygen atoms in total. The predicted molar refractivity (Wildman–Crippen MR) is 94.4 cm³/mol. The molecule has 2 N–H and O–H groups in total. The molecule has 2 rings (SSSR count). The van der Waals surface area contributed by atoms with Crippen LogP contribution in [0, 0.1) is 0 Å². The summed E-state index contributed by atoms with van der Waals surface area (Å²) in [7, 11) is 0. The third kappa shape index (κ3) is 5.06. The molecule has 2 aromatic rings. The first-order valence-corrected chi connectivity index (χ1v) is 7.52. The largest absolute Gasteiger partial charge is 0.399 e. The second-order valence-corrected chi connectivity index (χ2v) is 5.23. The number of carbonyl (C=O) groups is 1. The Balaban J connectivity index is 2.00. The first kappa shape index (κ1) is 15.8. The fourth-order valence-corrected chi connectivity index (χ4v) is 2.22. The smallest absolute Gasteiger partial charge is 0.178 e. The Kier molecular flexibility index (Phi) is 5.73. The van der Waals surface area contributed by atoms with Gasteiger partial charge in [0.15, 0.2) is 5.78 Å². The minimum absolute atomic E-state index is 0.0386. The van der Waals surface area contributed by atoms with Gasteiger partial charge >= 0.3 is 0 Å². The number of carbonyl (C=O) groups excluding carboxylic acids is 1. The number of hydrogen-bond donors (Lipinski definition) is 1. The molecule has 0 spiro atoms. The molecule has 0 amide bonds. The molecule has 0 aromatic heterocycles. The number of aryl methyl sites for hydroxylation is 1. The van der Waals surface area contributed by atoms with Gasteiger partial charge in [0.2, 0.25) is 0 Å². The van der Waals surface area contributed by atoms with Crippen molar-refractivity contribution in [1.29, 1.82) is 0 Å². The molecule has 112 valence electrons. The minimum atomic E-state index is -0.0386. The van der Waals surface area contributed by atoms with Crippen LogP contribution < -0.4 is 5.73 Å². The Morgan fingerprint density at radius 3 is 2.27 bits per heavy atom. The van der Waals surface area contributed by atoms with E-state index in [9.17, 15) is 4.79 Å². The fraction of sp³-hybridized carbons (Fsp3) is 0.150. The van der Waals surface area contributed by atoms with E-state index in [0.717, 1.165) is 24.0 Å². The summed E-state index contributed by atoms with van der Waals surface area (Å²) in [6.45, 7) is 2.16. The molecule has 0 aliphatic carbocycles. The third-order valence-corrected chi connectivity index (χ3v) is 3.28. The molecule has 0 unspecified atom stereocenters. The van der Waals surface area contributed by atoms with Gasteiger partial charge in [-0.1, -0.05) is 61.9 Å². The second kappa shape index (κ2) is 7.99. The summed E-state index contributed by atoms with van der Waals surface area (Å²) in [5.74, 6) is -0.0386. The zero-order chi connectivity index (χ0) is 15.8. The summed E-state index contributed by atoms with van der Waals surface area (Å²) >= 11 is 0. The molecule has 0 fully saturated rings. The molecule has 0 radical (unpaired) electrons. The molecule has 0 bridgehead atoms. The molecule has 2 heteroatoms. The quantitative estimate of drug-likeness (QED) is 0.628. The van der Waals surface area contributed by atoms with E-state index < -0.39 is 0 Å². The van der Waals surface area contributed by atoms with Crippen LogP contribution in [0.4, 0.5) is 5.69 Å². The van der Waals surface area contributed by atoms with Crippen molar-refractivity contribution in [2.45, 2.75) is 19.8 Å². The molecule has 22 heavy (non-hydrogen) atoms. The number of nitrogens with two attached hydrogens (primary N) is 1. The molecule has 0 aliphatic heterocycles. The summed E-state index contributed by atoms with van der Waals surface area (Å²) < 4.78 is 0. The van der Waals surface area contributed by atoms with Crippen LogP contribution in [-0.2, 0) is 11.2 Å². The van der Waals surface area contributed by atoms with Gasteiger partial charge in [-0.15, -0.1) is 0 Å². The molecule has 0 heterocycles. The molecule has 0 aliphatic rings. The van der Waals surface area contributed by atoms with Crippen molar-refractivity contribution < 1.29 is 4.79 Å². The molecule has 0 atom stereocenters. The average molecular weight is 291 g/mol. The van der Waals surface area contributed by atoms with Gasteiger partial charge in [-0.2, -0.15) is 0 Å². The van der Waals surface area contributed by atoms with Crippen molar-refractivity contribution in [3.05, 3.63) is 77.4 Å². The highest BCUT2D eigenvalue weighted by atomic mass is 16.1. The van der Waals surface area contributed by atoms with E-state index in [-0.39, 0.29) is 5.78 Å². The summed E-state index contributed by atoms with van der Waals surface area (Å²) in [6, 6.07) is 15.7. The predicted octanol–water partition coefficient (Wildman–Crippen LogP) is 4.52. The Morgan fingerprint density at radius 1 is 1.00 bits per heavy atom. The minimum Gasteiger partial charge on any atom is -0.399 e. The summed E-state index contributed by atoms with van der Waals surface area (Å²) in [6.07, 6.45) is 8.96. The number of benzene rings is 2. The van der Waals surface area contributed by atoms with Gasteiger partial charge in [0.05, 0.1) is 0 Å². The van der Waals surface area contributed by atoms with Crippen LogP contribution in [-0.4, -0.2) is 5.78 Å². The lowest BCUT2D eigenvalue weighted by molar-refractivity contribution is -0.110. The normalized spacial score (nSPS) is 11.3. The highest BCUT2D eigenvalue weighted by Crippen LogP contribution is 2.10. The lowest BCUT2D eigenvalue weighted by Crippen LogP contribution is -1.87. The molecular formula is C20H21NO. The number of ketones is 1. The van der Waals surface area contributed by atoms with Crippen molar-refractivity contribution in [2.24, 2.45) is 0 Å². The molecule has 0 saturated carbocycles. The van der Waals surface area contributed by atoms with E-state index in [1.807, 2.05) is 42.5 Å². The summed E-state index contributed by atoms with van der Waals surface area (Å²) in [4.78, 5) is 11.9. The van der Waals surface area contributed by atoms with Crippen LogP contribution in [0.15, 0.2) is 60.7 Å². The van der Waals surface area contributed by atoms with E-state index in [0.29, 0.717) is 5.69 Å². The van der Waals surface area contributed by atoms with Crippen LogP contribution in [0.2, 0.25) is 0 Å². The van der Waals surface area contributed by atoms with Gasteiger partial charge in [-0.3, -0.25) is 4.79 Å². The van der Waals surface area contributed by atoms with Crippen molar-refractivity contribution in [3.63, 3.8) is 0 Å². The first-order chi connectivity index (χ1) is 10.7. The van der Waals surface area contributed by atoms with Crippen molar-refractivity contribution in [2.75, 3.05) is 5.73 Å². The average Bonchev–Trinajstić information content (AvgIpc) is 2.52. The maximum absolute atomic E-state index is 11.9. The Labute approximate surface area is 132 Å². The van der Waals surface area contributed by atoms with Crippen LogP contribution in [0.3, 0.4) is 0 Å². The lowest BCUT2D eigenvalue weighted by Gasteiger charge is -1.99. The number of allylic oxidation sites excluding steroid dienone is 2. The highest BCUT2D eigenvalue weighted by molar-refractivity contribution is 6.04. The second-order valence-electron chi connectivity index (χ2n) is 5.23. The van der Waals surface area contributed by atoms with Gasteiger partial charge in [0.25, 0.3) is 0 Å². The van der Waals surface area contributed by atoms with E-state index in [1.54, 1.807) is 18.2 Å². The zero-order valence-corrected chi connectivity index (χ0v) is 12.8. The van der Waals surface area contributed by atoms with Crippen LogP contribution in [0.1, 0.15) is 30.0 Å². The summed E-state index contributed by atoms with van der Waals surface area (Å²) in [5.41, 5.74) is 9.67. The molecule has 2 aromatic carbocycles. The number of anilines is 1. The molecule has 0 saturated heterocycles. The standard InChI is InChI=1S/C20H21NO/c1-2-5-16-6-3-7-17(14-16)10-12-20(22)13-11-18-8-4-9-19(21)15-18/h3-4,6-15H,2,5,21H2,1H3/b12-10+,13-11+. The number of hydrogen-bond acceptors (Lipinski definition) is 2. The van der Waals surface area contributed by atoms with Gasteiger partial charge in [-0.05, 0) is 47.4 Å².